The van der Waals surface area contributed by atoms with Gasteiger partial charge in [-0.1, -0.05) is 30.3 Å². The van der Waals surface area contributed by atoms with E-state index in [-0.39, 0.29) is 17.9 Å². The van der Waals surface area contributed by atoms with Crippen LogP contribution in [0, 0.1) is 0 Å². The third-order valence-corrected chi connectivity index (χ3v) is 3.11. The van der Waals surface area contributed by atoms with Crippen molar-refractivity contribution in [3.8, 4) is 0 Å². The Labute approximate surface area is 109 Å². The van der Waals surface area contributed by atoms with Crippen LogP contribution >= 0.6 is 0 Å². The van der Waals surface area contributed by atoms with Gasteiger partial charge in [0.2, 0.25) is 0 Å². The van der Waals surface area contributed by atoms with Crippen LogP contribution in [0.25, 0.3) is 0 Å². The average Bonchev–Trinajstić information content (AvgIpc) is 2.76. The second-order valence-electron chi connectivity index (χ2n) is 5.77. The summed E-state index contributed by atoms with van der Waals surface area (Å²) >= 11 is 0. The predicted molar refractivity (Wildman–Crippen MR) is 71.4 cm³/mol. The van der Waals surface area contributed by atoms with Gasteiger partial charge in [0.15, 0.2) is 0 Å². The van der Waals surface area contributed by atoms with E-state index in [0.717, 1.165) is 13.0 Å². The van der Waals surface area contributed by atoms with Gasteiger partial charge in [0.25, 0.3) is 0 Å². The van der Waals surface area contributed by atoms with E-state index in [2.05, 4.69) is 17.4 Å². The average molecular weight is 247 g/mol. The number of benzene rings is 1. The van der Waals surface area contributed by atoms with Crippen molar-refractivity contribution in [3.05, 3.63) is 35.9 Å². The van der Waals surface area contributed by atoms with Gasteiger partial charge in [-0.2, -0.15) is 0 Å². The van der Waals surface area contributed by atoms with E-state index in [0.29, 0.717) is 0 Å². The second kappa shape index (κ2) is 5.11. The quantitative estimate of drug-likeness (QED) is 0.816. The fraction of sp³-hybridized carbons (Fsp3) is 0.533. The van der Waals surface area contributed by atoms with Crippen LogP contribution in [0.4, 0.5) is 0 Å². The van der Waals surface area contributed by atoms with Crippen LogP contribution in [-0.4, -0.2) is 24.2 Å². The monoisotopic (exact) mass is 247 g/mol. The third kappa shape index (κ3) is 3.10. The number of ether oxygens (including phenoxy) is 1. The fourth-order valence-corrected chi connectivity index (χ4v) is 2.38. The molecule has 0 unspecified atom stereocenters. The number of carbonyl (C=O) groups excluding carboxylic acids is 1. The molecule has 1 aliphatic rings. The van der Waals surface area contributed by atoms with E-state index in [1.54, 1.807) is 0 Å². The molecule has 1 heterocycles. The smallest absolute Gasteiger partial charge is 0.324 e. The van der Waals surface area contributed by atoms with Gasteiger partial charge in [-0.25, -0.2) is 0 Å². The van der Waals surface area contributed by atoms with Gasteiger partial charge in [0, 0.05) is 5.92 Å². The largest absolute Gasteiger partial charge is 0.459 e. The highest BCUT2D eigenvalue weighted by Gasteiger charge is 2.36. The molecule has 1 aliphatic heterocycles. The lowest BCUT2D eigenvalue weighted by Crippen LogP contribution is -2.40. The summed E-state index contributed by atoms with van der Waals surface area (Å²) in [6.07, 6.45) is 0.980. The summed E-state index contributed by atoms with van der Waals surface area (Å²) in [6.45, 7) is 6.57. The summed E-state index contributed by atoms with van der Waals surface area (Å²) < 4.78 is 5.47. The number of hydrogen-bond acceptors (Lipinski definition) is 3. The lowest BCUT2D eigenvalue weighted by atomic mass is 9.92. The Hall–Kier alpha value is -1.35. The van der Waals surface area contributed by atoms with Crippen LogP contribution in [0.2, 0.25) is 0 Å². The molecular formula is C15H21NO2. The fourth-order valence-electron chi connectivity index (χ4n) is 2.38. The molecule has 2 rings (SSSR count). The van der Waals surface area contributed by atoms with Crippen LogP contribution in [0.3, 0.4) is 0 Å². The number of nitrogens with one attached hydrogen (secondary N) is 1. The highest BCUT2D eigenvalue weighted by Crippen LogP contribution is 2.29. The van der Waals surface area contributed by atoms with E-state index in [1.165, 1.54) is 5.56 Å². The Bertz CT molecular complexity index is 408. The minimum absolute atomic E-state index is 0.145. The van der Waals surface area contributed by atoms with E-state index in [4.69, 9.17) is 4.74 Å². The van der Waals surface area contributed by atoms with E-state index in [1.807, 2.05) is 39.0 Å². The number of esters is 1. The summed E-state index contributed by atoms with van der Waals surface area (Å²) in [4.78, 5) is 12.2. The highest BCUT2D eigenvalue weighted by molar-refractivity contribution is 5.78. The zero-order valence-corrected chi connectivity index (χ0v) is 11.3. The van der Waals surface area contributed by atoms with Gasteiger partial charge in [-0.3, -0.25) is 4.79 Å². The molecule has 2 atom stereocenters. The maximum atomic E-state index is 12.2. The molecule has 3 nitrogen and oxygen atoms in total. The number of rotatable bonds is 2. The minimum atomic E-state index is -0.428. The summed E-state index contributed by atoms with van der Waals surface area (Å²) in [7, 11) is 0. The molecular weight excluding hydrogens is 226 g/mol. The molecule has 1 fully saturated rings. The van der Waals surface area contributed by atoms with Gasteiger partial charge in [-0.15, -0.1) is 0 Å². The highest BCUT2D eigenvalue weighted by atomic mass is 16.6. The Morgan fingerprint density at radius 1 is 1.28 bits per heavy atom. The summed E-state index contributed by atoms with van der Waals surface area (Å²) in [6, 6.07) is 9.96. The molecule has 18 heavy (non-hydrogen) atoms. The summed E-state index contributed by atoms with van der Waals surface area (Å²) in [5.41, 5.74) is 0.779. The molecule has 98 valence electrons. The second-order valence-corrected chi connectivity index (χ2v) is 5.77. The van der Waals surface area contributed by atoms with Crippen molar-refractivity contribution in [3.63, 3.8) is 0 Å². The maximum absolute atomic E-state index is 12.2. The van der Waals surface area contributed by atoms with Crippen LogP contribution in [-0.2, 0) is 9.53 Å². The standard InChI is InChI=1S/C15H21NO2/c1-15(2,3)18-14(17)13-12(9-10-16-13)11-7-5-4-6-8-11/h4-8,12-13,16H,9-10H2,1-3H3/t12-,13+/m0/s1. The van der Waals surface area contributed by atoms with Crippen molar-refractivity contribution in [2.75, 3.05) is 6.54 Å². The first-order valence-corrected chi connectivity index (χ1v) is 6.48. The van der Waals surface area contributed by atoms with Crippen molar-refractivity contribution >= 4 is 5.97 Å². The van der Waals surface area contributed by atoms with Crippen molar-refractivity contribution in [1.29, 1.82) is 0 Å². The van der Waals surface area contributed by atoms with E-state index in [9.17, 15) is 4.79 Å². The molecule has 0 bridgehead atoms. The van der Waals surface area contributed by atoms with Gasteiger partial charge in [0.1, 0.15) is 11.6 Å². The molecule has 0 amide bonds. The maximum Gasteiger partial charge on any atom is 0.324 e. The number of carbonyl (C=O) groups is 1. The summed E-state index contributed by atoms with van der Waals surface area (Å²) in [5, 5.41) is 3.25. The Kier molecular flexibility index (Phi) is 3.71. The van der Waals surface area contributed by atoms with Crippen molar-refractivity contribution in [2.45, 2.75) is 44.8 Å². The first-order chi connectivity index (χ1) is 8.47. The van der Waals surface area contributed by atoms with Crippen LogP contribution in [0.15, 0.2) is 30.3 Å². The molecule has 0 saturated carbocycles. The normalized spacial score (nSPS) is 23.9. The third-order valence-electron chi connectivity index (χ3n) is 3.11. The Morgan fingerprint density at radius 3 is 2.56 bits per heavy atom. The zero-order chi connectivity index (χ0) is 13.2. The first kappa shape index (κ1) is 13.1. The molecule has 0 aromatic heterocycles. The topological polar surface area (TPSA) is 38.3 Å². The molecule has 0 spiro atoms. The SMILES string of the molecule is CC(C)(C)OC(=O)[C@@H]1NCC[C@H]1c1ccccc1. The van der Waals surface area contributed by atoms with Gasteiger partial charge < -0.3 is 10.1 Å². The number of hydrogen-bond donors (Lipinski definition) is 1. The Balaban J connectivity index is 2.11. The predicted octanol–water partition coefficient (Wildman–Crippen LogP) is 2.47. The zero-order valence-electron chi connectivity index (χ0n) is 11.3. The van der Waals surface area contributed by atoms with Gasteiger partial charge >= 0.3 is 5.97 Å². The van der Waals surface area contributed by atoms with Crippen molar-refractivity contribution in [2.24, 2.45) is 0 Å². The van der Waals surface area contributed by atoms with Crippen LogP contribution < -0.4 is 5.32 Å². The minimum Gasteiger partial charge on any atom is -0.459 e. The molecule has 1 aromatic carbocycles. The lowest BCUT2D eigenvalue weighted by molar-refractivity contribution is -0.157. The molecule has 3 heteroatoms. The van der Waals surface area contributed by atoms with Crippen molar-refractivity contribution < 1.29 is 9.53 Å². The van der Waals surface area contributed by atoms with Gasteiger partial charge in [-0.05, 0) is 39.3 Å². The molecule has 1 saturated heterocycles. The lowest BCUT2D eigenvalue weighted by Gasteiger charge is -2.25. The Morgan fingerprint density at radius 2 is 1.94 bits per heavy atom. The van der Waals surface area contributed by atoms with Crippen LogP contribution in [0.5, 0.6) is 0 Å². The van der Waals surface area contributed by atoms with E-state index < -0.39 is 5.60 Å². The molecule has 0 radical (unpaired) electrons. The van der Waals surface area contributed by atoms with Crippen LogP contribution in [0.1, 0.15) is 38.7 Å². The first-order valence-electron chi connectivity index (χ1n) is 6.48. The molecule has 1 aromatic rings. The molecule has 1 N–H and O–H groups in total. The summed E-state index contributed by atoms with van der Waals surface area (Å²) in [5.74, 6) is 0.0786. The van der Waals surface area contributed by atoms with Gasteiger partial charge in [0.05, 0.1) is 0 Å². The molecule has 0 aliphatic carbocycles. The van der Waals surface area contributed by atoms with E-state index >= 15 is 0 Å². The van der Waals surface area contributed by atoms with Crippen molar-refractivity contribution in [1.82, 2.24) is 5.32 Å².